The third-order valence-electron chi connectivity index (χ3n) is 5.93. The summed E-state index contributed by atoms with van der Waals surface area (Å²) in [5.74, 6) is -0.103. The van der Waals surface area contributed by atoms with Crippen LogP contribution in [0.4, 0.5) is 0 Å². The highest BCUT2D eigenvalue weighted by Crippen LogP contribution is 2.39. The summed E-state index contributed by atoms with van der Waals surface area (Å²) in [5.41, 5.74) is 2.25. The van der Waals surface area contributed by atoms with Gasteiger partial charge >= 0.3 is 0 Å². The summed E-state index contributed by atoms with van der Waals surface area (Å²) >= 11 is 0. The number of carbonyl (C=O) groups excluding carboxylic acids is 1. The van der Waals surface area contributed by atoms with Gasteiger partial charge in [0, 0.05) is 0 Å². The van der Waals surface area contributed by atoms with Crippen LogP contribution in [0.3, 0.4) is 0 Å². The molecular weight excluding hydrogens is 326 g/mol. The maximum Gasteiger partial charge on any atom is 0.274 e. The lowest BCUT2D eigenvalue weighted by atomic mass is 9.88. The summed E-state index contributed by atoms with van der Waals surface area (Å²) in [4.78, 5) is 13.1. The molecule has 1 aliphatic carbocycles. The van der Waals surface area contributed by atoms with Gasteiger partial charge in [0.05, 0.1) is 17.3 Å². The van der Waals surface area contributed by atoms with Crippen LogP contribution in [0.15, 0.2) is 30.3 Å². The Bertz CT molecular complexity index is 758. The van der Waals surface area contributed by atoms with E-state index in [1.54, 1.807) is 0 Å². The van der Waals surface area contributed by atoms with E-state index < -0.39 is 0 Å². The third-order valence-corrected chi connectivity index (χ3v) is 5.93. The molecule has 6 nitrogen and oxygen atoms in total. The molecule has 0 radical (unpaired) electrons. The Kier molecular flexibility index (Phi) is 4.76. The lowest BCUT2D eigenvalue weighted by Crippen LogP contribution is -2.44. The van der Waals surface area contributed by atoms with Gasteiger partial charge in [-0.15, -0.1) is 5.10 Å². The van der Waals surface area contributed by atoms with Gasteiger partial charge in [-0.2, -0.15) is 0 Å². The SMILES string of the molecule is Cc1c(C(=O)NC2(c3ccccc3)CCCC2)nnn1C1CCNCC1. The zero-order chi connectivity index (χ0) is 18.0. The molecule has 2 N–H and O–H groups in total. The van der Waals surface area contributed by atoms with E-state index in [9.17, 15) is 4.79 Å². The van der Waals surface area contributed by atoms with E-state index in [1.165, 1.54) is 5.56 Å². The van der Waals surface area contributed by atoms with Crippen molar-refractivity contribution in [1.82, 2.24) is 25.6 Å². The number of carbonyl (C=O) groups is 1. The molecule has 2 heterocycles. The number of aromatic nitrogens is 3. The molecule has 1 aliphatic heterocycles. The number of piperidine rings is 1. The molecular formula is C20H27N5O. The van der Waals surface area contributed by atoms with Crippen molar-refractivity contribution in [2.24, 2.45) is 0 Å². The molecule has 1 aromatic carbocycles. The normalized spacial score (nSPS) is 20.2. The summed E-state index contributed by atoms with van der Waals surface area (Å²) in [6.07, 6.45) is 6.28. The Balaban J connectivity index is 1.57. The van der Waals surface area contributed by atoms with Crippen LogP contribution >= 0.6 is 0 Å². The summed E-state index contributed by atoms with van der Waals surface area (Å²) < 4.78 is 1.94. The van der Waals surface area contributed by atoms with Crippen LogP contribution in [-0.2, 0) is 5.54 Å². The minimum absolute atomic E-state index is 0.103. The maximum atomic E-state index is 13.1. The molecule has 138 valence electrons. The minimum Gasteiger partial charge on any atom is -0.341 e. The molecule has 1 saturated carbocycles. The zero-order valence-corrected chi connectivity index (χ0v) is 15.4. The smallest absolute Gasteiger partial charge is 0.274 e. The fourth-order valence-corrected chi connectivity index (χ4v) is 4.45. The first-order valence-electron chi connectivity index (χ1n) is 9.70. The van der Waals surface area contributed by atoms with E-state index in [2.05, 4.69) is 33.1 Å². The monoisotopic (exact) mass is 353 g/mol. The lowest BCUT2D eigenvalue weighted by molar-refractivity contribution is 0.0892. The van der Waals surface area contributed by atoms with Gasteiger partial charge in [0.15, 0.2) is 5.69 Å². The largest absolute Gasteiger partial charge is 0.341 e. The van der Waals surface area contributed by atoms with Crippen LogP contribution in [-0.4, -0.2) is 34.0 Å². The highest BCUT2D eigenvalue weighted by molar-refractivity contribution is 5.93. The molecule has 2 fully saturated rings. The van der Waals surface area contributed by atoms with Gasteiger partial charge in [-0.05, 0) is 51.3 Å². The van der Waals surface area contributed by atoms with Crippen molar-refractivity contribution < 1.29 is 4.79 Å². The van der Waals surface area contributed by atoms with Crippen LogP contribution in [0.2, 0.25) is 0 Å². The first-order valence-corrected chi connectivity index (χ1v) is 9.70. The molecule has 0 bridgehead atoms. The van der Waals surface area contributed by atoms with E-state index in [1.807, 2.05) is 29.8 Å². The van der Waals surface area contributed by atoms with Crippen LogP contribution in [0.5, 0.6) is 0 Å². The summed E-state index contributed by atoms with van der Waals surface area (Å²) in [5, 5.41) is 15.2. The number of hydrogen-bond acceptors (Lipinski definition) is 4. The van der Waals surface area contributed by atoms with Crippen molar-refractivity contribution in [2.45, 2.75) is 57.0 Å². The van der Waals surface area contributed by atoms with E-state index in [-0.39, 0.29) is 11.4 Å². The van der Waals surface area contributed by atoms with Crippen molar-refractivity contribution in [3.63, 3.8) is 0 Å². The molecule has 0 atom stereocenters. The van der Waals surface area contributed by atoms with Crippen molar-refractivity contribution in [2.75, 3.05) is 13.1 Å². The predicted octanol–water partition coefficient (Wildman–Crippen LogP) is 2.71. The van der Waals surface area contributed by atoms with Crippen molar-refractivity contribution in [3.05, 3.63) is 47.3 Å². The molecule has 2 aromatic rings. The van der Waals surface area contributed by atoms with E-state index in [4.69, 9.17) is 0 Å². The van der Waals surface area contributed by atoms with Crippen LogP contribution in [0, 0.1) is 6.92 Å². The number of rotatable bonds is 4. The molecule has 2 aliphatic rings. The molecule has 1 saturated heterocycles. The fourth-order valence-electron chi connectivity index (χ4n) is 4.45. The molecule has 26 heavy (non-hydrogen) atoms. The molecule has 4 rings (SSSR count). The Morgan fingerprint density at radius 2 is 1.88 bits per heavy atom. The molecule has 0 spiro atoms. The number of hydrogen-bond donors (Lipinski definition) is 2. The van der Waals surface area contributed by atoms with Crippen molar-refractivity contribution >= 4 is 5.91 Å². The Hall–Kier alpha value is -2.21. The van der Waals surface area contributed by atoms with E-state index in [0.717, 1.165) is 57.3 Å². The average Bonchev–Trinajstić information content (AvgIpc) is 3.31. The van der Waals surface area contributed by atoms with Gasteiger partial charge < -0.3 is 10.6 Å². The topological polar surface area (TPSA) is 71.8 Å². The quantitative estimate of drug-likeness (QED) is 0.886. The molecule has 1 amide bonds. The third kappa shape index (κ3) is 3.14. The van der Waals surface area contributed by atoms with Gasteiger partial charge in [-0.25, -0.2) is 4.68 Å². The maximum absolute atomic E-state index is 13.1. The summed E-state index contributed by atoms with van der Waals surface area (Å²) in [6.45, 7) is 3.94. The Morgan fingerprint density at radius 3 is 2.58 bits per heavy atom. The zero-order valence-electron chi connectivity index (χ0n) is 15.4. The first-order chi connectivity index (χ1) is 12.7. The molecule has 1 aromatic heterocycles. The van der Waals surface area contributed by atoms with Crippen molar-refractivity contribution in [3.8, 4) is 0 Å². The highest BCUT2D eigenvalue weighted by Gasteiger charge is 2.38. The number of nitrogens with one attached hydrogen (secondary N) is 2. The fraction of sp³-hybridized carbons (Fsp3) is 0.550. The van der Waals surface area contributed by atoms with Gasteiger partial charge in [0.25, 0.3) is 5.91 Å². The van der Waals surface area contributed by atoms with Gasteiger partial charge in [0.2, 0.25) is 0 Å². The number of nitrogens with zero attached hydrogens (tertiary/aromatic N) is 3. The average molecular weight is 353 g/mol. The second kappa shape index (κ2) is 7.19. The lowest BCUT2D eigenvalue weighted by Gasteiger charge is -2.31. The molecule has 0 unspecified atom stereocenters. The van der Waals surface area contributed by atoms with Gasteiger partial charge in [-0.1, -0.05) is 48.4 Å². The second-order valence-electron chi connectivity index (χ2n) is 7.56. The van der Waals surface area contributed by atoms with Crippen LogP contribution < -0.4 is 10.6 Å². The van der Waals surface area contributed by atoms with E-state index in [0.29, 0.717) is 11.7 Å². The number of amides is 1. The number of benzene rings is 1. The standard InChI is InChI=1S/C20H27N5O/c1-15-18(23-24-25(15)17-9-13-21-14-10-17)19(26)22-20(11-5-6-12-20)16-7-3-2-4-8-16/h2-4,7-8,17,21H,5-6,9-14H2,1H3,(H,22,26). The van der Waals surface area contributed by atoms with E-state index >= 15 is 0 Å². The second-order valence-corrected chi connectivity index (χ2v) is 7.56. The molecule has 6 heteroatoms. The van der Waals surface area contributed by atoms with Gasteiger partial charge in [-0.3, -0.25) is 4.79 Å². The van der Waals surface area contributed by atoms with Crippen LogP contribution in [0.1, 0.15) is 66.3 Å². The highest BCUT2D eigenvalue weighted by atomic mass is 16.2. The Labute approximate surface area is 154 Å². The van der Waals surface area contributed by atoms with Crippen molar-refractivity contribution in [1.29, 1.82) is 0 Å². The van der Waals surface area contributed by atoms with Crippen LogP contribution in [0.25, 0.3) is 0 Å². The van der Waals surface area contributed by atoms with Gasteiger partial charge in [0.1, 0.15) is 0 Å². The summed E-state index contributed by atoms with van der Waals surface area (Å²) in [7, 11) is 0. The first kappa shape index (κ1) is 17.2. The Morgan fingerprint density at radius 1 is 1.19 bits per heavy atom. The minimum atomic E-state index is -0.274. The summed E-state index contributed by atoms with van der Waals surface area (Å²) in [6, 6.07) is 10.7. The predicted molar refractivity (Wildman–Crippen MR) is 100.0 cm³/mol.